The highest BCUT2D eigenvalue weighted by Gasteiger charge is 1.98. The molecule has 2 rings (SSSR count). The number of hydrogen-bond donors (Lipinski definition) is 2. The van der Waals surface area contributed by atoms with E-state index in [9.17, 15) is 4.79 Å². The Kier molecular flexibility index (Phi) is 2.93. The zero-order valence-electron chi connectivity index (χ0n) is 8.50. The molecule has 0 aliphatic carbocycles. The number of hydrogen-bond acceptors (Lipinski definition) is 5. The summed E-state index contributed by atoms with van der Waals surface area (Å²) in [5.74, 6) is 5.78. The van der Waals surface area contributed by atoms with Crippen LogP contribution in [-0.4, -0.2) is 14.8 Å². The first-order chi connectivity index (χ1) is 7.79. The molecule has 0 bridgehead atoms. The number of pyridine rings is 1. The molecule has 0 fully saturated rings. The monoisotopic (exact) mass is 217 g/mol. The van der Waals surface area contributed by atoms with Gasteiger partial charge in [-0.2, -0.15) is 5.10 Å². The Hall–Kier alpha value is -2.21. The van der Waals surface area contributed by atoms with Gasteiger partial charge in [-0.1, -0.05) is 6.07 Å². The number of aromatic nitrogens is 3. The fraction of sp³-hybridized carbons (Fsp3) is 0.100. The van der Waals surface area contributed by atoms with Crippen molar-refractivity contribution in [3.05, 3.63) is 52.6 Å². The molecule has 0 aliphatic rings. The van der Waals surface area contributed by atoms with E-state index in [4.69, 9.17) is 5.84 Å². The van der Waals surface area contributed by atoms with Crippen LogP contribution in [0.5, 0.6) is 0 Å². The number of nitrogen functional groups attached to an aromatic ring is 1. The molecule has 2 aromatic heterocycles. The summed E-state index contributed by atoms with van der Waals surface area (Å²) in [6.07, 6.45) is 3.22. The summed E-state index contributed by atoms with van der Waals surface area (Å²) in [4.78, 5) is 15.4. The van der Waals surface area contributed by atoms with Crippen molar-refractivity contribution < 1.29 is 0 Å². The Morgan fingerprint density at radius 1 is 1.38 bits per heavy atom. The number of nitrogens with one attached hydrogen (secondary N) is 1. The smallest absolute Gasteiger partial charge is 0.267 e. The summed E-state index contributed by atoms with van der Waals surface area (Å²) in [7, 11) is 0. The van der Waals surface area contributed by atoms with E-state index in [1.807, 2.05) is 6.07 Å². The third kappa shape index (κ3) is 2.23. The van der Waals surface area contributed by atoms with E-state index in [0.29, 0.717) is 12.4 Å². The first kappa shape index (κ1) is 10.3. The topological polar surface area (TPSA) is 85.8 Å². The maximum atomic E-state index is 11.4. The molecule has 2 aromatic rings. The fourth-order valence-corrected chi connectivity index (χ4v) is 1.28. The van der Waals surface area contributed by atoms with Crippen LogP contribution in [0.15, 0.2) is 41.5 Å². The molecule has 6 heteroatoms. The predicted molar refractivity (Wildman–Crippen MR) is 59.6 cm³/mol. The van der Waals surface area contributed by atoms with Gasteiger partial charge < -0.3 is 5.43 Å². The molecule has 0 unspecified atom stereocenters. The lowest BCUT2D eigenvalue weighted by molar-refractivity contribution is 0.637. The van der Waals surface area contributed by atoms with E-state index in [2.05, 4.69) is 15.5 Å². The van der Waals surface area contributed by atoms with Gasteiger partial charge in [-0.15, -0.1) is 0 Å². The van der Waals surface area contributed by atoms with E-state index < -0.39 is 0 Å². The third-order valence-electron chi connectivity index (χ3n) is 2.09. The van der Waals surface area contributed by atoms with Gasteiger partial charge in [-0.05, 0) is 17.7 Å². The molecule has 0 spiro atoms. The van der Waals surface area contributed by atoms with Gasteiger partial charge in [-0.3, -0.25) is 4.79 Å². The minimum atomic E-state index is -0.136. The van der Waals surface area contributed by atoms with Crippen LogP contribution >= 0.6 is 0 Å². The molecule has 6 nitrogen and oxygen atoms in total. The average molecular weight is 217 g/mol. The van der Waals surface area contributed by atoms with Gasteiger partial charge in [0.05, 0.1) is 6.54 Å². The molecule has 0 atom stereocenters. The van der Waals surface area contributed by atoms with Crippen molar-refractivity contribution in [1.29, 1.82) is 0 Å². The minimum Gasteiger partial charge on any atom is -0.308 e. The maximum absolute atomic E-state index is 11.4. The molecule has 3 N–H and O–H groups in total. The largest absolute Gasteiger partial charge is 0.308 e. The molecule has 82 valence electrons. The molecule has 2 heterocycles. The summed E-state index contributed by atoms with van der Waals surface area (Å²) < 4.78 is 1.37. The summed E-state index contributed by atoms with van der Waals surface area (Å²) >= 11 is 0. The van der Waals surface area contributed by atoms with Crippen LogP contribution < -0.4 is 16.8 Å². The summed E-state index contributed by atoms with van der Waals surface area (Å²) in [6, 6.07) is 6.65. The van der Waals surface area contributed by atoms with Crippen LogP contribution in [0.2, 0.25) is 0 Å². The van der Waals surface area contributed by atoms with E-state index >= 15 is 0 Å². The first-order valence-corrected chi connectivity index (χ1v) is 4.73. The average Bonchev–Trinajstić information content (AvgIpc) is 2.33. The van der Waals surface area contributed by atoms with Crippen LogP contribution in [0, 0.1) is 0 Å². The highest BCUT2D eigenvalue weighted by molar-refractivity contribution is 5.33. The Morgan fingerprint density at radius 3 is 2.88 bits per heavy atom. The second-order valence-electron chi connectivity index (χ2n) is 3.22. The van der Waals surface area contributed by atoms with Gasteiger partial charge in [0.2, 0.25) is 0 Å². The summed E-state index contributed by atoms with van der Waals surface area (Å²) in [5.41, 5.74) is 3.19. The molecule has 0 aliphatic heterocycles. The van der Waals surface area contributed by atoms with Crippen molar-refractivity contribution in [2.45, 2.75) is 6.54 Å². The molecule has 0 saturated carbocycles. The summed E-state index contributed by atoms with van der Waals surface area (Å²) in [6.45, 7) is 0.400. The van der Waals surface area contributed by atoms with E-state index in [-0.39, 0.29) is 5.56 Å². The highest BCUT2D eigenvalue weighted by atomic mass is 16.1. The zero-order chi connectivity index (χ0) is 11.4. The normalized spacial score (nSPS) is 10.1. The Balaban J connectivity index is 2.21. The zero-order valence-corrected chi connectivity index (χ0v) is 8.50. The molecule has 0 amide bonds. The van der Waals surface area contributed by atoms with Crippen LogP contribution in [0.25, 0.3) is 0 Å². The van der Waals surface area contributed by atoms with Gasteiger partial charge in [-0.25, -0.2) is 15.5 Å². The second-order valence-corrected chi connectivity index (χ2v) is 3.22. The third-order valence-corrected chi connectivity index (χ3v) is 2.09. The lowest BCUT2D eigenvalue weighted by Crippen LogP contribution is -2.21. The van der Waals surface area contributed by atoms with Crippen molar-refractivity contribution in [3.63, 3.8) is 0 Å². The van der Waals surface area contributed by atoms with Crippen molar-refractivity contribution in [3.8, 4) is 0 Å². The minimum absolute atomic E-state index is 0.136. The first-order valence-electron chi connectivity index (χ1n) is 4.73. The van der Waals surface area contributed by atoms with Gasteiger partial charge >= 0.3 is 0 Å². The number of anilines is 1. The molecule has 0 aromatic carbocycles. The lowest BCUT2D eigenvalue weighted by Gasteiger charge is -2.04. The molecule has 0 radical (unpaired) electrons. The lowest BCUT2D eigenvalue weighted by atomic mass is 10.3. The van der Waals surface area contributed by atoms with Gasteiger partial charge in [0, 0.05) is 18.5 Å². The van der Waals surface area contributed by atoms with Crippen molar-refractivity contribution in [2.24, 2.45) is 5.84 Å². The number of nitrogens with zero attached hydrogens (tertiary/aromatic N) is 3. The second kappa shape index (κ2) is 4.54. The van der Waals surface area contributed by atoms with E-state index in [0.717, 1.165) is 5.56 Å². The van der Waals surface area contributed by atoms with Crippen LogP contribution in [0.3, 0.4) is 0 Å². The molecule has 0 saturated heterocycles. The number of rotatable bonds is 3. The van der Waals surface area contributed by atoms with Crippen molar-refractivity contribution >= 4 is 5.82 Å². The van der Waals surface area contributed by atoms with Crippen LogP contribution in [0.1, 0.15) is 5.56 Å². The summed E-state index contributed by atoms with van der Waals surface area (Å²) in [5, 5.41) is 3.95. The number of nitrogens with two attached hydrogens (primary N) is 1. The molecule has 16 heavy (non-hydrogen) atoms. The number of hydrazine groups is 1. The fourth-order valence-electron chi connectivity index (χ4n) is 1.28. The molecular weight excluding hydrogens is 206 g/mol. The van der Waals surface area contributed by atoms with Crippen LogP contribution in [-0.2, 0) is 6.54 Å². The van der Waals surface area contributed by atoms with Crippen molar-refractivity contribution in [1.82, 2.24) is 14.8 Å². The van der Waals surface area contributed by atoms with Crippen LogP contribution in [0.4, 0.5) is 5.82 Å². The highest BCUT2D eigenvalue weighted by Crippen LogP contribution is 2.03. The molecular formula is C10H11N5O. The van der Waals surface area contributed by atoms with Gasteiger partial charge in [0.25, 0.3) is 5.56 Å². The van der Waals surface area contributed by atoms with Crippen molar-refractivity contribution in [2.75, 3.05) is 5.43 Å². The SMILES string of the molecule is NNc1ccc(Cn2ncccc2=O)cn1. The predicted octanol–water partition coefficient (Wildman–Crippen LogP) is -0.0278. The Bertz CT molecular complexity index is 519. The van der Waals surface area contributed by atoms with Gasteiger partial charge in [0.15, 0.2) is 0 Å². The van der Waals surface area contributed by atoms with Gasteiger partial charge in [0.1, 0.15) is 5.82 Å². The Morgan fingerprint density at radius 2 is 2.25 bits per heavy atom. The standard InChI is InChI=1S/C10H11N5O/c11-14-9-4-3-8(6-12-9)7-15-10(16)2-1-5-13-15/h1-6H,7,11H2,(H,12,14). The van der Waals surface area contributed by atoms with E-state index in [1.54, 1.807) is 24.5 Å². The maximum Gasteiger partial charge on any atom is 0.267 e. The quantitative estimate of drug-likeness (QED) is 0.557. The van der Waals surface area contributed by atoms with E-state index in [1.165, 1.54) is 10.7 Å². The Labute approximate surface area is 91.7 Å².